The predicted octanol–water partition coefficient (Wildman–Crippen LogP) is 6.68. The molecule has 2 aliphatic rings. The fraction of sp³-hybridized carbons (Fsp3) is 0.310. The lowest BCUT2D eigenvalue weighted by molar-refractivity contribution is 0.0925. The van der Waals surface area contributed by atoms with E-state index in [0.29, 0.717) is 17.7 Å². The molecular weight excluding hydrogens is 440 g/mol. The van der Waals surface area contributed by atoms with Crippen molar-refractivity contribution in [2.45, 2.75) is 68.3 Å². The molecule has 2 amide bonds. The van der Waals surface area contributed by atoms with Crippen molar-refractivity contribution in [3.8, 4) is 0 Å². The zero-order valence-corrected chi connectivity index (χ0v) is 20.6. The molecule has 0 spiro atoms. The van der Waals surface area contributed by atoms with Crippen LogP contribution in [0.3, 0.4) is 0 Å². The lowest BCUT2D eigenvalue weighted by atomic mass is 9.95. The highest BCUT2D eigenvalue weighted by atomic mass is 32.2. The van der Waals surface area contributed by atoms with E-state index >= 15 is 0 Å². The molecular formula is C29H30N2O2S. The number of carbonyl (C=O) groups is 2. The van der Waals surface area contributed by atoms with Gasteiger partial charge in [-0.2, -0.15) is 0 Å². The van der Waals surface area contributed by atoms with Crippen molar-refractivity contribution in [2.75, 3.05) is 4.90 Å². The molecule has 5 rings (SSSR count). The number of benzene rings is 3. The second kappa shape index (κ2) is 9.67. The average Bonchev–Trinajstić information content (AvgIpc) is 2.96. The molecule has 4 nitrogen and oxygen atoms in total. The van der Waals surface area contributed by atoms with Gasteiger partial charge >= 0.3 is 0 Å². The lowest BCUT2D eigenvalue weighted by Gasteiger charge is -2.26. The normalized spacial score (nSPS) is 15.9. The Morgan fingerprint density at radius 2 is 1.76 bits per heavy atom. The fourth-order valence-corrected chi connectivity index (χ4v) is 5.93. The first kappa shape index (κ1) is 22.7. The summed E-state index contributed by atoms with van der Waals surface area (Å²) >= 11 is 1.59. The van der Waals surface area contributed by atoms with Crippen molar-refractivity contribution in [3.63, 3.8) is 0 Å². The van der Waals surface area contributed by atoms with Crippen LogP contribution in [0.1, 0.15) is 69.5 Å². The molecule has 5 heteroatoms. The van der Waals surface area contributed by atoms with Gasteiger partial charge in [0.05, 0.1) is 17.8 Å². The number of aryl methyl sites for hydroxylation is 2. The third kappa shape index (κ3) is 4.62. The number of carbonyl (C=O) groups excluding carboxylic acids is 2. The second-order valence-electron chi connectivity index (χ2n) is 9.41. The number of amides is 2. The molecule has 174 valence electrons. The smallest absolute Gasteiger partial charge is 0.259 e. The first-order valence-electron chi connectivity index (χ1n) is 12.1. The molecule has 3 aromatic rings. The molecule has 1 aliphatic carbocycles. The molecule has 1 heterocycles. The van der Waals surface area contributed by atoms with Crippen molar-refractivity contribution in [3.05, 3.63) is 88.5 Å². The van der Waals surface area contributed by atoms with Crippen molar-refractivity contribution < 1.29 is 9.59 Å². The van der Waals surface area contributed by atoms with Crippen LogP contribution < -0.4 is 10.2 Å². The molecule has 0 unspecified atom stereocenters. The van der Waals surface area contributed by atoms with Gasteiger partial charge in [0, 0.05) is 21.4 Å². The lowest BCUT2D eigenvalue weighted by Crippen LogP contribution is -2.36. The zero-order valence-electron chi connectivity index (χ0n) is 19.8. The number of hydrogen-bond acceptors (Lipinski definition) is 3. The number of hydrogen-bond donors (Lipinski definition) is 1. The summed E-state index contributed by atoms with van der Waals surface area (Å²) in [5.74, 6) is -0.0896. The Morgan fingerprint density at radius 3 is 2.59 bits per heavy atom. The Balaban J connectivity index is 1.54. The summed E-state index contributed by atoms with van der Waals surface area (Å²) in [5.41, 5.74) is 5.52. The van der Waals surface area contributed by atoms with Gasteiger partial charge in [-0.05, 0) is 68.1 Å². The molecule has 0 atom stereocenters. The van der Waals surface area contributed by atoms with E-state index in [1.165, 1.54) is 24.8 Å². The van der Waals surface area contributed by atoms with Crippen LogP contribution in [-0.2, 0) is 6.54 Å². The van der Waals surface area contributed by atoms with E-state index < -0.39 is 0 Å². The number of fused-ring (bicyclic) bond motifs is 2. The van der Waals surface area contributed by atoms with E-state index in [1.54, 1.807) is 11.8 Å². The molecule has 1 fully saturated rings. The van der Waals surface area contributed by atoms with E-state index in [-0.39, 0.29) is 17.9 Å². The van der Waals surface area contributed by atoms with Gasteiger partial charge in [0.15, 0.2) is 0 Å². The molecule has 0 bridgehead atoms. The van der Waals surface area contributed by atoms with Crippen molar-refractivity contribution in [1.29, 1.82) is 0 Å². The number of anilines is 1. The third-order valence-corrected chi connectivity index (χ3v) is 8.01. The number of nitrogens with one attached hydrogen (secondary N) is 1. The first-order chi connectivity index (χ1) is 16.5. The average molecular weight is 471 g/mol. The summed E-state index contributed by atoms with van der Waals surface area (Å²) in [6.45, 7) is 4.61. The van der Waals surface area contributed by atoms with Crippen molar-refractivity contribution in [1.82, 2.24) is 5.32 Å². The summed E-state index contributed by atoms with van der Waals surface area (Å²) in [6.07, 6.45) is 5.67. The zero-order chi connectivity index (χ0) is 23.7. The monoisotopic (exact) mass is 470 g/mol. The van der Waals surface area contributed by atoms with E-state index in [9.17, 15) is 9.59 Å². The van der Waals surface area contributed by atoms with Crippen LogP contribution in [0.25, 0.3) is 0 Å². The summed E-state index contributed by atoms with van der Waals surface area (Å²) in [5, 5.41) is 3.22. The van der Waals surface area contributed by atoms with Crippen LogP contribution in [0, 0.1) is 13.8 Å². The van der Waals surface area contributed by atoms with Gasteiger partial charge in [-0.15, -0.1) is 0 Å². The third-order valence-electron chi connectivity index (χ3n) is 6.87. The molecule has 0 saturated heterocycles. The Labute approximate surface area is 205 Å². The summed E-state index contributed by atoms with van der Waals surface area (Å²) in [6, 6.07) is 20.1. The molecule has 34 heavy (non-hydrogen) atoms. The van der Waals surface area contributed by atoms with E-state index in [0.717, 1.165) is 39.4 Å². The fourth-order valence-electron chi connectivity index (χ4n) is 4.88. The van der Waals surface area contributed by atoms with E-state index in [4.69, 9.17) is 0 Å². The Hall–Kier alpha value is -3.05. The van der Waals surface area contributed by atoms with E-state index in [1.807, 2.05) is 47.4 Å². The highest BCUT2D eigenvalue weighted by molar-refractivity contribution is 7.99. The summed E-state index contributed by atoms with van der Waals surface area (Å²) < 4.78 is 0. The highest BCUT2D eigenvalue weighted by Crippen LogP contribution is 2.42. The van der Waals surface area contributed by atoms with Crippen LogP contribution in [0.2, 0.25) is 0 Å². The maximum absolute atomic E-state index is 13.8. The highest BCUT2D eigenvalue weighted by Gasteiger charge is 2.29. The Kier molecular flexibility index (Phi) is 6.46. The van der Waals surface area contributed by atoms with Gasteiger partial charge in [0.2, 0.25) is 0 Å². The van der Waals surface area contributed by atoms with Crippen LogP contribution >= 0.6 is 11.8 Å². The molecule has 1 aliphatic heterocycles. The van der Waals surface area contributed by atoms with Gasteiger partial charge in [0.1, 0.15) is 0 Å². The van der Waals surface area contributed by atoms with Gasteiger partial charge in [-0.3, -0.25) is 9.59 Å². The van der Waals surface area contributed by atoms with Gasteiger partial charge in [-0.1, -0.05) is 66.9 Å². The number of rotatable bonds is 4. The second-order valence-corrected chi connectivity index (χ2v) is 10.5. The SMILES string of the molecule is Cc1ccc(C)c(CN2C(=O)c3ccccc3Sc3ccc(C(=O)NC4CCCCC4)cc32)c1. The molecule has 1 saturated carbocycles. The number of nitrogens with zero attached hydrogens (tertiary/aromatic N) is 1. The standard InChI is InChI=1S/C29H30N2O2S/c1-19-12-13-20(2)22(16-19)18-31-25-17-21(28(32)30-23-8-4-3-5-9-23)14-15-27(25)34-26-11-7-6-10-24(26)29(31)33/h6-7,10-17,23H,3-5,8-9,18H2,1-2H3,(H,30,32). The maximum Gasteiger partial charge on any atom is 0.259 e. The minimum absolute atomic E-state index is 0.0346. The van der Waals surface area contributed by atoms with Crippen LogP contribution in [0.15, 0.2) is 70.5 Å². The molecule has 3 aromatic carbocycles. The Morgan fingerprint density at radius 1 is 0.971 bits per heavy atom. The molecule has 0 radical (unpaired) electrons. The first-order valence-corrected chi connectivity index (χ1v) is 12.9. The Bertz CT molecular complexity index is 1250. The predicted molar refractivity (Wildman–Crippen MR) is 138 cm³/mol. The van der Waals surface area contributed by atoms with Gasteiger partial charge in [-0.25, -0.2) is 0 Å². The largest absolute Gasteiger partial charge is 0.349 e. The van der Waals surface area contributed by atoms with Gasteiger partial charge in [0.25, 0.3) is 11.8 Å². The quantitative estimate of drug-likeness (QED) is 0.463. The van der Waals surface area contributed by atoms with Crippen molar-refractivity contribution >= 4 is 29.3 Å². The van der Waals surface area contributed by atoms with Crippen molar-refractivity contribution in [2.24, 2.45) is 0 Å². The van der Waals surface area contributed by atoms with Crippen LogP contribution in [-0.4, -0.2) is 17.9 Å². The van der Waals surface area contributed by atoms with Crippen LogP contribution in [0.4, 0.5) is 5.69 Å². The van der Waals surface area contributed by atoms with Gasteiger partial charge < -0.3 is 10.2 Å². The molecule has 1 N–H and O–H groups in total. The maximum atomic E-state index is 13.8. The molecule has 0 aromatic heterocycles. The summed E-state index contributed by atoms with van der Waals surface area (Å²) in [4.78, 5) is 30.7. The summed E-state index contributed by atoms with van der Waals surface area (Å²) in [7, 11) is 0. The van der Waals surface area contributed by atoms with E-state index in [2.05, 4.69) is 37.4 Å². The van der Waals surface area contributed by atoms with Crippen LogP contribution in [0.5, 0.6) is 0 Å². The minimum Gasteiger partial charge on any atom is -0.349 e. The topological polar surface area (TPSA) is 49.4 Å². The minimum atomic E-state index is -0.0550.